The molecule has 0 aliphatic heterocycles. The van der Waals surface area contributed by atoms with E-state index in [0.717, 1.165) is 11.4 Å². The highest BCUT2D eigenvalue weighted by molar-refractivity contribution is 6.42. The maximum Gasteiger partial charge on any atom is 0.251 e. The Morgan fingerprint density at radius 1 is 1.19 bits per heavy atom. The van der Waals surface area contributed by atoms with Crippen molar-refractivity contribution in [2.24, 2.45) is 0 Å². The molecule has 3 rings (SSSR count). The highest BCUT2D eigenvalue weighted by atomic mass is 35.5. The second-order valence-electron chi connectivity index (χ2n) is 5.02. The Labute approximate surface area is 132 Å². The van der Waals surface area contributed by atoms with Crippen LogP contribution >= 0.6 is 23.2 Å². The fourth-order valence-corrected chi connectivity index (χ4v) is 2.32. The van der Waals surface area contributed by atoms with Gasteiger partial charge in [-0.3, -0.25) is 4.79 Å². The molecule has 1 saturated carbocycles. The molecular weight excluding hydrogens is 309 g/mol. The molecule has 108 valence electrons. The first-order valence-electron chi connectivity index (χ1n) is 6.67. The Morgan fingerprint density at radius 2 is 2.00 bits per heavy atom. The number of nitrogens with one attached hydrogen (secondary N) is 1. The molecule has 21 heavy (non-hydrogen) atoms. The summed E-state index contributed by atoms with van der Waals surface area (Å²) < 4.78 is 0. The van der Waals surface area contributed by atoms with E-state index in [4.69, 9.17) is 23.2 Å². The molecule has 6 heteroatoms. The van der Waals surface area contributed by atoms with E-state index in [1.165, 1.54) is 12.8 Å². The number of rotatable bonds is 4. The SMILES string of the molecule is O=C(NCc1cc(C2CC2)ncn1)c1ccc(Cl)c(Cl)c1. The minimum absolute atomic E-state index is 0.208. The maximum atomic E-state index is 12.1. The van der Waals surface area contributed by atoms with E-state index in [1.807, 2.05) is 6.07 Å². The summed E-state index contributed by atoms with van der Waals surface area (Å²) in [6.45, 7) is 0.362. The van der Waals surface area contributed by atoms with Crippen LogP contribution in [0, 0.1) is 0 Å². The summed E-state index contributed by atoms with van der Waals surface area (Å²) in [5.41, 5.74) is 2.34. The van der Waals surface area contributed by atoms with Crippen molar-refractivity contribution in [1.82, 2.24) is 15.3 Å². The minimum Gasteiger partial charge on any atom is -0.346 e. The summed E-state index contributed by atoms with van der Waals surface area (Å²) in [7, 11) is 0. The molecule has 1 aliphatic rings. The third-order valence-electron chi connectivity index (χ3n) is 3.35. The first-order chi connectivity index (χ1) is 10.1. The zero-order valence-electron chi connectivity index (χ0n) is 11.1. The van der Waals surface area contributed by atoms with Crippen LogP contribution in [0.1, 0.15) is 40.5 Å². The van der Waals surface area contributed by atoms with Gasteiger partial charge in [0.25, 0.3) is 5.91 Å². The molecular formula is C15H13Cl2N3O. The number of hydrogen-bond donors (Lipinski definition) is 1. The van der Waals surface area contributed by atoms with E-state index in [9.17, 15) is 4.79 Å². The fraction of sp³-hybridized carbons (Fsp3) is 0.267. The Kier molecular flexibility index (Phi) is 4.08. The number of hydrogen-bond acceptors (Lipinski definition) is 3. The van der Waals surface area contributed by atoms with Crippen LogP contribution in [0.3, 0.4) is 0 Å². The van der Waals surface area contributed by atoms with Gasteiger partial charge in [0.05, 0.1) is 22.3 Å². The van der Waals surface area contributed by atoms with E-state index in [0.29, 0.717) is 28.1 Å². The molecule has 4 nitrogen and oxygen atoms in total. The number of amides is 1. The standard InChI is InChI=1S/C15H13Cl2N3O/c16-12-4-3-10(5-13(12)17)15(21)18-7-11-6-14(9-1-2-9)20-8-19-11/h3-6,8-9H,1-2,7H2,(H,18,21). The van der Waals surface area contributed by atoms with Crippen LogP contribution in [0.15, 0.2) is 30.6 Å². The Morgan fingerprint density at radius 3 is 2.71 bits per heavy atom. The predicted molar refractivity (Wildman–Crippen MR) is 81.6 cm³/mol. The monoisotopic (exact) mass is 321 g/mol. The van der Waals surface area contributed by atoms with Crippen LogP contribution in [0.4, 0.5) is 0 Å². The molecule has 2 aromatic rings. The van der Waals surface area contributed by atoms with Gasteiger partial charge in [0.1, 0.15) is 6.33 Å². The number of carbonyl (C=O) groups is 1. The summed E-state index contributed by atoms with van der Waals surface area (Å²) in [5, 5.41) is 3.61. The second-order valence-corrected chi connectivity index (χ2v) is 5.83. The summed E-state index contributed by atoms with van der Waals surface area (Å²) >= 11 is 11.7. The molecule has 0 radical (unpaired) electrons. The largest absolute Gasteiger partial charge is 0.346 e. The molecule has 1 heterocycles. The van der Waals surface area contributed by atoms with Crippen LogP contribution in [0.2, 0.25) is 10.0 Å². The number of nitrogens with zero attached hydrogens (tertiary/aromatic N) is 2. The van der Waals surface area contributed by atoms with Gasteiger partial charge < -0.3 is 5.32 Å². The van der Waals surface area contributed by atoms with Gasteiger partial charge in [-0.2, -0.15) is 0 Å². The third-order valence-corrected chi connectivity index (χ3v) is 4.09. The molecule has 0 spiro atoms. The average molecular weight is 322 g/mol. The maximum absolute atomic E-state index is 12.1. The van der Waals surface area contributed by atoms with Crippen molar-refractivity contribution in [1.29, 1.82) is 0 Å². The van der Waals surface area contributed by atoms with Gasteiger partial charge in [0.2, 0.25) is 0 Å². The molecule has 1 aromatic heterocycles. The van der Waals surface area contributed by atoms with E-state index in [1.54, 1.807) is 24.5 Å². The van der Waals surface area contributed by atoms with Gasteiger partial charge >= 0.3 is 0 Å². The molecule has 0 bridgehead atoms. The van der Waals surface area contributed by atoms with Gasteiger partial charge in [0, 0.05) is 17.2 Å². The van der Waals surface area contributed by atoms with E-state index < -0.39 is 0 Å². The Hall–Kier alpha value is -1.65. The van der Waals surface area contributed by atoms with Crippen LogP contribution in [0.25, 0.3) is 0 Å². The van der Waals surface area contributed by atoms with Crippen molar-refractivity contribution in [3.8, 4) is 0 Å². The van der Waals surface area contributed by atoms with Crippen molar-refractivity contribution in [3.63, 3.8) is 0 Å². The fourth-order valence-electron chi connectivity index (χ4n) is 2.02. The van der Waals surface area contributed by atoms with Crippen molar-refractivity contribution in [2.45, 2.75) is 25.3 Å². The van der Waals surface area contributed by atoms with Gasteiger partial charge in [-0.25, -0.2) is 9.97 Å². The van der Waals surface area contributed by atoms with Crippen LogP contribution in [-0.4, -0.2) is 15.9 Å². The summed E-state index contributed by atoms with van der Waals surface area (Å²) in [5.74, 6) is 0.359. The quantitative estimate of drug-likeness (QED) is 0.936. The highest BCUT2D eigenvalue weighted by Gasteiger charge is 2.25. The molecule has 1 N–H and O–H groups in total. The molecule has 1 amide bonds. The number of aromatic nitrogens is 2. The number of carbonyl (C=O) groups excluding carboxylic acids is 1. The number of halogens is 2. The van der Waals surface area contributed by atoms with Crippen LogP contribution in [-0.2, 0) is 6.54 Å². The van der Waals surface area contributed by atoms with Crippen LogP contribution < -0.4 is 5.32 Å². The van der Waals surface area contributed by atoms with Gasteiger partial charge in [-0.15, -0.1) is 0 Å². The van der Waals surface area contributed by atoms with Gasteiger partial charge in [0.15, 0.2) is 0 Å². The molecule has 0 saturated heterocycles. The normalized spacial score (nSPS) is 14.0. The zero-order valence-corrected chi connectivity index (χ0v) is 12.7. The van der Waals surface area contributed by atoms with Crippen molar-refractivity contribution in [2.75, 3.05) is 0 Å². The second kappa shape index (κ2) is 6.00. The molecule has 1 aliphatic carbocycles. The topological polar surface area (TPSA) is 54.9 Å². The highest BCUT2D eigenvalue weighted by Crippen LogP contribution is 2.38. The number of benzene rings is 1. The smallest absolute Gasteiger partial charge is 0.251 e. The third kappa shape index (κ3) is 3.52. The van der Waals surface area contributed by atoms with E-state index in [-0.39, 0.29) is 5.91 Å². The Balaban J connectivity index is 1.65. The lowest BCUT2D eigenvalue weighted by atomic mass is 10.2. The van der Waals surface area contributed by atoms with Gasteiger partial charge in [-0.05, 0) is 37.1 Å². The molecule has 0 atom stereocenters. The zero-order chi connectivity index (χ0) is 14.8. The summed E-state index contributed by atoms with van der Waals surface area (Å²) in [6.07, 6.45) is 3.92. The first-order valence-corrected chi connectivity index (χ1v) is 7.43. The summed E-state index contributed by atoms with van der Waals surface area (Å²) in [6, 6.07) is 6.75. The molecule has 1 fully saturated rings. The van der Waals surface area contributed by atoms with E-state index in [2.05, 4.69) is 15.3 Å². The van der Waals surface area contributed by atoms with Crippen molar-refractivity contribution < 1.29 is 4.79 Å². The Bertz CT molecular complexity index is 686. The minimum atomic E-state index is -0.208. The molecule has 1 aromatic carbocycles. The van der Waals surface area contributed by atoms with Crippen molar-refractivity contribution >= 4 is 29.1 Å². The average Bonchev–Trinajstić information content (AvgIpc) is 3.32. The lowest BCUT2D eigenvalue weighted by molar-refractivity contribution is 0.0950. The van der Waals surface area contributed by atoms with E-state index >= 15 is 0 Å². The van der Waals surface area contributed by atoms with Crippen molar-refractivity contribution in [3.05, 3.63) is 57.6 Å². The van der Waals surface area contributed by atoms with Gasteiger partial charge in [-0.1, -0.05) is 23.2 Å². The summed E-state index contributed by atoms with van der Waals surface area (Å²) in [4.78, 5) is 20.5. The molecule has 0 unspecified atom stereocenters. The first kappa shape index (κ1) is 14.3. The van der Waals surface area contributed by atoms with Crippen LogP contribution in [0.5, 0.6) is 0 Å². The predicted octanol–water partition coefficient (Wildman–Crippen LogP) is 3.59. The lowest BCUT2D eigenvalue weighted by Gasteiger charge is -2.06. The lowest BCUT2D eigenvalue weighted by Crippen LogP contribution is -2.23.